The van der Waals surface area contributed by atoms with Crippen molar-refractivity contribution in [2.75, 3.05) is 0 Å². The monoisotopic (exact) mass is 306 g/mol. The summed E-state index contributed by atoms with van der Waals surface area (Å²) >= 11 is 0. The molecule has 0 bridgehead atoms. The van der Waals surface area contributed by atoms with Gasteiger partial charge >= 0.3 is 11.7 Å². The third-order valence-electron chi connectivity index (χ3n) is 2.38. The van der Waals surface area contributed by atoms with E-state index in [-0.39, 0.29) is 0 Å². The first kappa shape index (κ1) is 16.6. The van der Waals surface area contributed by atoms with Crippen molar-refractivity contribution in [2.45, 2.75) is 0 Å². The number of nitrogens with zero attached hydrogens (tertiary/aromatic N) is 2. The van der Waals surface area contributed by atoms with Crippen LogP contribution in [-0.4, -0.2) is 26.0 Å². The van der Waals surface area contributed by atoms with Gasteiger partial charge in [-0.2, -0.15) is 0 Å². The lowest BCUT2D eigenvalue weighted by Gasteiger charge is -2.00. The van der Waals surface area contributed by atoms with Gasteiger partial charge in [0.1, 0.15) is 5.56 Å². The van der Waals surface area contributed by atoms with E-state index >= 15 is 0 Å². The van der Waals surface area contributed by atoms with Gasteiger partial charge in [-0.1, -0.05) is 36.4 Å². The van der Waals surface area contributed by atoms with Crippen molar-refractivity contribution in [3.05, 3.63) is 74.3 Å². The highest BCUT2D eigenvalue weighted by Crippen LogP contribution is 2.34. The largest absolute Gasteiger partial charge is 0.501 e. The van der Waals surface area contributed by atoms with Gasteiger partial charge in [-0.05, 0) is 0 Å². The standard InChI is InChI=1S/C7H4N2O7.C6H6/c10-6-4(7(11)12)1-3(8(13)14)2-5(6)9(15)16;1-2-4-6-5-3-1/h1-2,10H,(H,11,12);1-6H. The molecule has 2 rings (SSSR count). The second-order valence-corrected chi connectivity index (χ2v) is 3.84. The number of nitro benzene ring substituents is 2. The van der Waals surface area contributed by atoms with Crippen molar-refractivity contribution in [1.29, 1.82) is 0 Å². The van der Waals surface area contributed by atoms with Crippen molar-refractivity contribution in [3.63, 3.8) is 0 Å². The van der Waals surface area contributed by atoms with E-state index < -0.39 is 38.5 Å². The molecule has 2 aromatic rings. The van der Waals surface area contributed by atoms with Crippen LogP contribution in [0.25, 0.3) is 0 Å². The van der Waals surface area contributed by atoms with Gasteiger partial charge in [0.2, 0.25) is 5.75 Å². The van der Waals surface area contributed by atoms with E-state index in [1.54, 1.807) is 0 Å². The van der Waals surface area contributed by atoms with E-state index in [9.17, 15) is 30.1 Å². The Labute approximate surface area is 123 Å². The van der Waals surface area contributed by atoms with Crippen LogP contribution < -0.4 is 0 Å². The van der Waals surface area contributed by atoms with Gasteiger partial charge in [0.25, 0.3) is 5.69 Å². The summed E-state index contributed by atoms with van der Waals surface area (Å²) in [5.41, 5.74) is -2.69. The van der Waals surface area contributed by atoms with Gasteiger partial charge in [-0.15, -0.1) is 0 Å². The zero-order valence-corrected chi connectivity index (χ0v) is 10.9. The number of benzene rings is 2. The van der Waals surface area contributed by atoms with Crippen LogP contribution >= 0.6 is 0 Å². The molecule has 9 nitrogen and oxygen atoms in total. The molecule has 0 atom stereocenters. The molecular formula is C13H10N2O7. The Bertz CT molecular complexity index is 639. The fourth-order valence-electron chi connectivity index (χ4n) is 1.40. The third-order valence-corrected chi connectivity index (χ3v) is 2.38. The molecule has 0 amide bonds. The fourth-order valence-corrected chi connectivity index (χ4v) is 1.40. The van der Waals surface area contributed by atoms with Crippen molar-refractivity contribution in [3.8, 4) is 5.75 Å². The minimum absolute atomic E-state index is 0.488. The number of hydrogen-bond donors (Lipinski definition) is 2. The second-order valence-electron chi connectivity index (χ2n) is 3.84. The molecule has 0 aliphatic carbocycles. The lowest BCUT2D eigenvalue weighted by atomic mass is 10.1. The summed E-state index contributed by atoms with van der Waals surface area (Å²) in [6, 6.07) is 13.0. The summed E-state index contributed by atoms with van der Waals surface area (Å²) < 4.78 is 0. The molecule has 0 aromatic heterocycles. The van der Waals surface area contributed by atoms with Gasteiger partial charge in [-0.25, -0.2) is 4.79 Å². The number of hydrogen-bond acceptors (Lipinski definition) is 6. The van der Waals surface area contributed by atoms with E-state index in [4.69, 9.17) is 5.11 Å². The second kappa shape index (κ2) is 7.33. The fraction of sp³-hybridized carbons (Fsp3) is 0. The quantitative estimate of drug-likeness (QED) is 0.654. The van der Waals surface area contributed by atoms with Crippen molar-refractivity contribution < 1.29 is 24.9 Å². The number of carboxylic acid groups (broad SMARTS) is 1. The molecule has 0 radical (unpaired) electrons. The number of nitro groups is 2. The first-order chi connectivity index (χ1) is 10.3. The lowest BCUT2D eigenvalue weighted by Crippen LogP contribution is -2.02. The van der Waals surface area contributed by atoms with Crippen LogP contribution in [0.15, 0.2) is 48.5 Å². The first-order valence-corrected chi connectivity index (χ1v) is 5.73. The topological polar surface area (TPSA) is 144 Å². The zero-order valence-electron chi connectivity index (χ0n) is 10.9. The number of phenols is 1. The van der Waals surface area contributed by atoms with Gasteiger partial charge in [0.15, 0.2) is 0 Å². The molecule has 114 valence electrons. The molecule has 9 heteroatoms. The van der Waals surface area contributed by atoms with Crippen LogP contribution in [0.3, 0.4) is 0 Å². The van der Waals surface area contributed by atoms with Crippen LogP contribution in [0, 0.1) is 20.2 Å². The molecule has 0 spiro atoms. The highest BCUT2D eigenvalue weighted by atomic mass is 16.6. The molecule has 0 saturated heterocycles. The SMILES string of the molecule is O=C(O)c1cc([N+](=O)[O-])cc([N+](=O)[O-])c1O.c1ccccc1. The van der Waals surface area contributed by atoms with Gasteiger partial charge in [0.05, 0.1) is 15.9 Å². The number of carbonyl (C=O) groups is 1. The highest BCUT2D eigenvalue weighted by molar-refractivity contribution is 5.93. The molecule has 0 heterocycles. The highest BCUT2D eigenvalue weighted by Gasteiger charge is 2.26. The number of carboxylic acids is 1. The Morgan fingerprint density at radius 2 is 1.36 bits per heavy atom. The third kappa shape index (κ3) is 4.27. The molecule has 22 heavy (non-hydrogen) atoms. The average molecular weight is 306 g/mol. The van der Waals surface area contributed by atoms with Gasteiger partial charge in [-0.3, -0.25) is 20.2 Å². The number of aromatic hydroxyl groups is 1. The summed E-state index contributed by atoms with van der Waals surface area (Å²) in [6.45, 7) is 0. The lowest BCUT2D eigenvalue weighted by molar-refractivity contribution is -0.394. The Balaban J connectivity index is 0.000000335. The summed E-state index contributed by atoms with van der Waals surface area (Å²) in [5.74, 6) is -2.80. The van der Waals surface area contributed by atoms with E-state index in [1.165, 1.54) is 0 Å². The molecule has 0 saturated carbocycles. The van der Waals surface area contributed by atoms with E-state index in [0.717, 1.165) is 0 Å². The molecule has 0 aliphatic heterocycles. The van der Waals surface area contributed by atoms with Gasteiger partial charge < -0.3 is 10.2 Å². The van der Waals surface area contributed by atoms with Gasteiger partial charge in [0, 0.05) is 6.07 Å². The number of non-ortho nitro benzene ring substituents is 1. The molecule has 0 unspecified atom stereocenters. The zero-order chi connectivity index (χ0) is 16.7. The van der Waals surface area contributed by atoms with Crippen LogP contribution in [0.4, 0.5) is 11.4 Å². The predicted octanol–water partition coefficient (Wildman–Crippen LogP) is 2.59. The Morgan fingerprint density at radius 3 is 1.68 bits per heavy atom. The maximum Gasteiger partial charge on any atom is 0.340 e. The van der Waals surface area contributed by atoms with E-state index in [2.05, 4.69) is 0 Å². The maximum absolute atomic E-state index is 10.6. The summed E-state index contributed by atoms with van der Waals surface area (Å²) in [6.07, 6.45) is 0. The summed E-state index contributed by atoms with van der Waals surface area (Å²) in [5, 5.41) is 38.5. The van der Waals surface area contributed by atoms with E-state index in [0.29, 0.717) is 12.1 Å². The van der Waals surface area contributed by atoms with Crippen LogP contribution in [-0.2, 0) is 0 Å². The molecule has 2 aromatic carbocycles. The van der Waals surface area contributed by atoms with Crippen LogP contribution in [0.5, 0.6) is 5.75 Å². The molecule has 0 aliphatic rings. The van der Waals surface area contributed by atoms with E-state index in [1.807, 2.05) is 36.4 Å². The Kier molecular flexibility index (Phi) is 5.52. The number of aromatic carboxylic acids is 1. The van der Waals surface area contributed by atoms with Crippen molar-refractivity contribution in [1.82, 2.24) is 0 Å². The maximum atomic E-state index is 10.6. The summed E-state index contributed by atoms with van der Waals surface area (Å²) in [4.78, 5) is 29.2. The molecule has 0 fully saturated rings. The molecule has 2 N–H and O–H groups in total. The van der Waals surface area contributed by atoms with Crippen molar-refractivity contribution >= 4 is 17.3 Å². The predicted molar refractivity (Wildman–Crippen MR) is 74.8 cm³/mol. The van der Waals surface area contributed by atoms with Crippen molar-refractivity contribution in [2.24, 2.45) is 0 Å². The minimum atomic E-state index is -1.69. The first-order valence-electron chi connectivity index (χ1n) is 5.73. The summed E-state index contributed by atoms with van der Waals surface area (Å²) in [7, 11) is 0. The molecular weight excluding hydrogens is 296 g/mol. The van der Waals surface area contributed by atoms with Crippen LogP contribution in [0.2, 0.25) is 0 Å². The Morgan fingerprint density at radius 1 is 0.909 bits per heavy atom. The smallest absolute Gasteiger partial charge is 0.340 e. The number of rotatable bonds is 3. The van der Waals surface area contributed by atoms with Crippen LogP contribution in [0.1, 0.15) is 10.4 Å². The average Bonchev–Trinajstić information content (AvgIpc) is 2.49. The minimum Gasteiger partial charge on any atom is -0.501 e. The normalized spacial score (nSPS) is 9.27. The Hall–Kier alpha value is -3.49.